The molecule has 7 nitrogen and oxygen atoms in total. The largest absolute Gasteiger partial charge is 0.477 e. The number of rotatable bonds is 4. The Morgan fingerprint density at radius 1 is 1.55 bits per heavy atom. The van der Waals surface area contributed by atoms with Gasteiger partial charge in [0, 0.05) is 23.2 Å². The molecule has 1 fully saturated rings. The molecule has 0 aromatic carbocycles. The topological polar surface area (TPSA) is 104 Å². The van der Waals surface area contributed by atoms with Gasteiger partial charge in [0.2, 0.25) is 5.91 Å². The minimum absolute atomic E-state index is 0.0120. The Morgan fingerprint density at radius 3 is 2.86 bits per heavy atom. The summed E-state index contributed by atoms with van der Waals surface area (Å²) in [6.07, 6.45) is 1.23. The van der Waals surface area contributed by atoms with Crippen LogP contribution < -0.4 is 0 Å². The highest BCUT2D eigenvalue weighted by molar-refractivity contribution is 8.03. The maximum absolute atomic E-state index is 12.1. The van der Waals surface area contributed by atoms with Crippen molar-refractivity contribution in [3.8, 4) is 0 Å². The Morgan fingerprint density at radius 2 is 2.27 bits per heavy atom. The summed E-state index contributed by atoms with van der Waals surface area (Å²) in [5.74, 6) is -2.01. The number of nitrogens with zero attached hydrogens (tertiary/aromatic N) is 3. The third-order valence-electron chi connectivity index (χ3n) is 3.88. The fourth-order valence-electron chi connectivity index (χ4n) is 2.91. The van der Waals surface area contributed by atoms with Crippen LogP contribution >= 0.6 is 11.8 Å². The number of carboxylic acids is 1. The van der Waals surface area contributed by atoms with Gasteiger partial charge in [-0.15, -0.1) is 0 Å². The summed E-state index contributed by atoms with van der Waals surface area (Å²) in [7, 11) is 0. The molecule has 22 heavy (non-hydrogen) atoms. The summed E-state index contributed by atoms with van der Waals surface area (Å²) >= 11 is 1.17. The van der Waals surface area contributed by atoms with Gasteiger partial charge in [-0.1, -0.05) is 11.8 Å². The predicted molar refractivity (Wildman–Crippen MR) is 77.7 cm³/mol. The molecule has 1 amide bonds. The number of aliphatic hydroxyl groups is 1. The molecule has 0 saturated carbocycles. The van der Waals surface area contributed by atoms with Crippen LogP contribution in [0.1, 0.15) is 19.0 Å². The van der Waals surface area contributed by atoms with Gasteiger partial charge in [0.05, 0.1) is 18.1 Å². The molecule has 3 rings (SSSR count). The van der Waals surface area contributed by atoms with Crippen molar-refractivity contribution < 1.29 is 19.8 Å². The van der Waals surface area contributed by atoms with Gasteiger partial charge in [0.15, 0.2) is 5.16 Å². The summed E-state index contributed by atoms with van der Waals surface area (Å²) in [4.78, 5) is 33.8. The van der Waals surface area contributed by atoms with Gasteiger partial charge < -0.3 is 15.1 Å². The Bertz CT molecular complexity index is 688. The molecule has 0 aliphatic carbocycles. The number of thioether (sulfide) groups is 1. The van der Waals surface area contributed by atoms with Crippen LogP contribution in [0.2, 0.25) is 0 Å². The van der Waals surface area contributed by atoms with Crippen LogP contribution in [0.25, 0.3) is 0 Å². The van der Waals surface area contributed by atoms with Crippen molar-refractivity contribution >= 4 is 23.6 Å². The van der Waals surface area contributed by atoms with E-state index >= 15 is 0 Å². The second-order valence-corrected chi connectivity index (χ2v) is 6.47. The number of carbonyl (C=O) groups excluding carboxylic acids is 1. The van der Waals surface area contributed by atoms with Crippen LogP contribution in [0.15, 0.2) is 28.0 Å². The minimum Gasteiger partial charge on any atom is -0.477 e. The van der Waals surface area contributed by atoms with E-state index in [1.54, 1.807) is 19.2 Å². The highest BCUT2D eigenvalue weighted by Gasteiger charge is 2.56. The van der Waals surface area contributed by atoms with E-state index in [0.717, 1.165) is 5.69 Å². The first-order valence-corrected chi connectivity index (χ1v) is 7.67. The number of aryl methyl sites for hydroxylation is 1. The molecule has 3 atom stereocenters. The maximum Gasteiger partial charge on any atom is 0.353 e. The van der Waals surface area contributed by atoms with Crippen LogP contribution in [-0.4, -0.2) is 49.1 Å². The second-order valence-electron chi connectivity index (χ2n) is 5.41. The first-order chi connectivity index (χ1) is 10.4. The van der Waals surface area contributed by atoms with Gasteiger partial charge in [-0.05, 0) is 19.9 Å². The standard InChI is InChI=1S/C14H15N3O4S/c1-6-3-4-15-14(16-6)22-9-5-8-10(7(2)18)12(19)17(8)11(9)13(20)21/h3-4,7-8,10,18H,5H2,1-2H3,(H,20,21)/t7-,8+,10+/m1/s1. The fourth-order valence-corrected chi connectivity index (χ4v) is 3.97. The molecule has 8 heteroatoms. The number of carboxylic acid groups (broad SMARTS) is 1. The summed E-state index contributed by atoms with van der Waals surface area (Å²) in [5.41, 5.74) is 0.774. The molecule has 116 valence electrons. The molecule has 1 aromatic rings. The molecule has 0 spiro atoms. The Balaban J connectivity index is 1.90. The Labute approximate surface area is 131 Å². The lowest BCUT2D eigenvalue weighted by molar-refractivity contribution is -0.161. The lowest BCUT2D eigenvalue weighted by Crippen LogP contribution is -2.61. The maximum atomic E-state index is 12.1. The number of fused-ring (bicyclic) bond motifs is 1. The van der Waals surface area contributed by atoms with Gasteiger partial charge in [-0.3, -0.25) is 4.79 Å². The number of aromatic nitrogens is 2. The van der Waals surface area contributed by atoms with E-state index in [9.17, 15) is 19.8 Å². The molecule has 1 saturated heterocycles. The van der Waals surface area contributed by atoms with E-state index in [4.69, 9.17) is 0 Å². The van der Waals surface area contributed by atoms with Crippen molar-refractivity contribution in [1.82, 2.24) is 14.9 Å². The first-order valence-electron chi connectivity index (χ1n) is 6.85. The number of carbonyl (C=O) groups is 2. The monoisotopic (exact) mass is 321 g/mol. The van der Waals surface area contributed by atoms with Crippen molar-refractivity contribution in [3.63, 3.8) is 0 Å². The SMILES string of the molecule is Cc1ccnc(SC2=C(C(=O)O)N3C(=O)[C@@H]([C@@H](C)O)[C@@H]3C2)n1. The van der Waals surface area contributed by atoms with Crippen LogP contribution in [0, 0.1) is 12.8 Å². The Hall–Kier alpha value is -1.93. The highest BCUT2D eigenvalue weighted by Crippen LogP contribution is 2.48. The molecule has 0 radical (unpaired) electrons. The fraction of sp³-hybridized carbons (Fsp3) is 0.429. The van der Waals surface area contributed by atoms with Gasteiger partial charge >= 0.3 is 5.97 Å². The smallest absolute Gasteiger partial charge is 0.353 e. The van der Waals surface area contributed by atoms with E-state index < -0.39 is 18.0 Å². The van der Waals surface area contributed by atoms with Crippen LogP contribution in [0.3, 0.4) is 0 Å². The zero-order chi connectivity index (χ0) is 16.0. The minimum atomic E-state index is -1.14. The number of β-lactam (4-membered cyclic amide) rings is 1. The van der Waals surface area contributed by atoms with E-state index in [-0.39, 0.29) is 17.6 Å². The number of hydrogen-bond acceptors (Lipinski definition) is 6. The van der Waals surface area contributed by atoms with Gasteiger partial charge in [-0.25, -0.2) is 14.8 Å². The zero-order valence-electron chi connectivity index (χ0n) is 12.1. The van der Waals surface area contributed by atoms with E-state index in [2.05, 4.69) is 9.97 Å². The van der Waals surface area contributed by atoms with Gasteiger partial charge in [-0.2, -0.15) is 0 Å². The van der Waals surface area contributed by atoms with Crippen molar-refractivity contribution in [2.45, 2.75) is 37.6 Å². The van der Waals surface area contributed by atoms with Crippen molar-refractivity contribution in [3.05, 3.63) is 28.6 Å². The quantitative estimate of drug-likeness (QED) is 0.624. The number of aliphatic carboxylic acids is 1. The first kappa shape index (κ1) is 15.0. The zero-order valence-corrected chi connectivity index (χ0v) is 12.9. The number of hydrogen-bond donors (Lipinski definition) is 2. The second kappa shape index (κ2) is 5.36. The summed E-state index contributed by atoms with van der Waals surface area (Å²) < 4.78 is 0. The van der Waals surface area contributed by atoms with Crippen molar-refractivity contribution in [1.29, 1.82) is 0 Å². The third kappa shape index (κ3) is 2.28. The molecule has 3 heterocycles. The number of amides is 1. The van der Waals surface area contributed by atoms with Crippen LogP contribution in [-0.2, 0) is 9.59 Å². The lowest BCUT2D eigenvalue weighted by atomic mass is 9.83. The summed E-state index contributed by atoms with van der Waals surface area (Å²) in [6, 6.07) is 1.47. The molecule has 0 unspecified atom stereocenters. The highest BCUT2D eigenvalue weighted by atomic mass is 32.2. The molecule has 2 N–H and O–H groups in total. The number of aliphatic hydroxyl groups excluding tert-OH is 1. The average molecular weight is 321 g/mol. The predicted octanol–water partition coefficient (Wildman–Crippen LogP) is 0.785. The molecule has 1 aromatic heterocycles. The Kier molecular flexibility index (Phi) is 3.65. The van der Waals surface area contributed by atoms with Crippen LogP contribution in [0.5, 0.6) is 0 Å². The normalized spacial score (nSPS) is 25.0. The summed E-state index contributed by atoms with van der Waals surface area (Å²) in [5, 5.41) is 19.6. The molecule has 2 aliphatic heterocycles. The van der Waals surface area contributed by atoms with Crippen molar-refractivity contribution in [2.24, 2.45) is 5.92 Å². The van der Waals surface area contributed by atoms with Crippen LogP contribution in [0.4, 0.5) is 0 Å². The molecule has 0 bridgehead atoms. The molecular weight excluding hydrogens is 306 g/mol. The van der Waals surface area contributed by atoms with E-state index in [0.29, 0.717) is 16.5 Å². The average Bonchev–Trinajstić information content (AvgIpc) is 2.73. The van der Waals surface area contributed by atoms with Crippen molar-refractivity contribution in [2.75, 3.05) is 0 Å². The van der Waals surface area contributed by atoms with Gasteiger partial charge in [0.1, 0.15) is 5.70 Å². The van der Waals surface area contributed by atoms with E-state index in [1.807, 2.05) is 6.92 Å². The third-order valence-corrected chi connectivity index (χ3v) is 4.86. The lowest BCUT2D eigenvalue weighted by Gasteiger charge is -2.44. The molecular formula is C14H15N3O4S. The van der Waals surface area contributed by atoms with Gasteiger partial charge in [0.25, 0.3) is 0 Å². The summed E-state index contributed by atoms with van der Waals surface area (Å²) in [6.45, 7) is 3.38. The molecule has 2 aliphatic rings. The van der Waals surface area contributed by atoms with E-state index in [1.165, 1.54) is 16.7 Å².